The highest BCUT2D eigenvalue weighted by Crippen LogP contribution is 2.29. The van der Waals surface area contributed by atoms with Gasteiger partial charge in [0.15, 0.2) is 0 Å². The minimum absolute atomic E-state index is 0.0636. The molecule has 0 saturated carbocycles. The van der Waals surface area contributed by atoms with Crippen LogP contribution in [0.2, 0.25) is 0 Å². The second kappa shape index (κ2) is 9.65. The number of hydrogen-bond acceptors (Lipinski definition) is 3. The Bertz CT molecular complexity index is 1270. The molecule has 1 amide bonds. The van der Waals surface area contributed by atoms with E-state index in [0.717, 1.165) is 55.4 Å². The lowest BCUT2D eigenvalue weighted by atomic mass is 10.0. The van der Waals surface area contributed by atoms with Crippen molar-refractivity contribution in [3.63, 3.8) is 0 Å². The van der Waals surface area contributed by atoms with E-state index in [1.54, 1.807) is 0 Å². The van der Waals surface area contributed by atoms with Gasteiger partial charge in [0.2, 0.25) is 0 Å². The second-order valence-corrected chi connectivity index (χ2v) is 8.98. The number of piperazine rings is 1. The van der Waals surface area contributed by atoms with E-state index in [0.29, 0.717) is 5.56 Å². The van der Waals surface area contributed by atoms with Crippen molar-refractivity contribution in [2.75, 3.05) is 26.2 Å². The molecule has 3 aromatic carbocycles. The van der Waals surface area contributed by atoms with Gasteiger partial charge < -0.3 is 4.90 Å². The van der Waals surface area contributed by atoms with Crippen LogP contribution in [0, 0.1) is 13.8 Å². The van der Waals surface area contributed by atoms with E-state index in [2.05, 4.69) is 36.1 Å². The van der Waals surface area contributed by atoms with Crippen molar-refractivity contribution in [2.24, 2.45) is 0 Å². The van der Waals surface area contributed by atoms with Gasteiger partial charge >= 0.3 is 0 Å². The van der Waals surface area contributed by atoms with Gasteiger partial charge in [0.1, 0.15) is 5.69 Å². The zero-order valence-electron chi connectivity index (χ0n) is 19.8. The maximum absolute atomic E-state index is 13.8. The van der Waals surface area contributed by atoms with E-state index in [9.17, 15) is 4.79 Å². The summed E-state index contributed by atoms with van der Waals surface area (Å²) >= 11 is 0. The summed E-state index contributed by atoms with van der Waals surface area (Å²) in [5, 5.41) is 4.90. The van der Waals surface area contributed by atoms with Gasteiger partial charge in [0.25, 0.3) is 5.91 Å². The minimum Gasteiger partial charge on any atom is -0.336 e. The normalized spacial score (nSPS) is 14.4. The molecular formula is C29H30N4O. The van der Waals surface area contributed by atoms with Crippen LogP contribution in [0.15, 0.2) is 84.9 Å². The first-order valence-corrected chi connectivity index (χ1v) is 11.9. The van der Waals surface area contributed by atoms with E-state index in [1.165, 1.54) is 11.1 Å². The number of carbonyl (C=O) groups is 1. The molecule has 1 fully saturated rings. The van der Waals surface area contributed by atoms with Crippen molar-refractivity contribution in [3.8, 4) is 16.9 Å². The van der Waals surface area contributed by atoms with E-state index < -0.39 is 0 Å². The molecule has 1 aromatic heterocycles. The highest BCUT2D eigenvalue weighted by Gasteiger charge is 2.29. The number of hydrogen-bond donors (Lipinski definition) is 0. The second-order valence-electron chi connectivity index (χ2n) is 8.98. The molecule has 0 atom stereocenters. The van der Waals surface area contributed by atoms with E-state index in [-0.39, 0.29) is 5.91 Å². The molecule has 4 aromatic rings. The first-order valence-electron chi connectivity index (χ1n) is 11.9. The van der Waals surface area contributed by atoms with Gasteiger partial charge in [-0.15, -0.1) is 0 Å². The highest BCUT2D eigenvalue weighted by molar-refractivity contribution is 6.01. The predicted octanol–water partition coefficient (Wildman–Crippen LogP) is 5.11. The summed E-state index contributed by atoms with van der Waals surface area (Å²) in [5.41, 5.74) is 6.84. The quantitative estimate of drug-likeness (QED) is 0.424. The first-order chi connectivity index (χ1) is 16.6. The van der Waals surface area contributed by atoms with Crippen LogP contribution in [0.5, 0.6) is 0 Å². The third kappa shape index (κ3) is 4.52. The Morgan fingerprint density at radius 1 is 0.824 bits per heavy atom. The molecule has 0 radical (unpaired) electrons. The van der Waals surface area contributed by atoms with Gasteiger partial charge in [-0.1, -0.05) is 78.4 Å². The van der Waals surface area contributed by atoms with Crippen LogP contribution < -0.4 is 0 Å². The standard InChI is InChI=1S/C29H30N4O/c1-22-10-9-11-24(20-22)21-31-16-18-32(19-17-31)29(34)27-23(2)33(26-14-7-4-8-15-26)30-28(27)25-12-5-3-6-13-25/h3-15,20H,16-19,21H2,1-2H3. The lowest BCUT2D eigenvalue weighted by molar-refractivity contribution is 0.0628. The fourth-order valence-electron chi connectivity index (χ4n) is 4.71. The number of para-hydroxylation sites is 1. The van der Waals surface area contributed by atoms with Crippen LogP contribution in [0.3, 0.4) is 0 Å². The molecule has 5 heteroatoms. The van der Waals surface area contributed by atoms with Gasteiger partial charge in [-0.05, 0) is 31.5 Å². The zero-order chi connectivity index (χ0) is 23.5. The largest absolute Gasteiger partial charge is 0.336 e. The third-order valence-electron chi connectivity index (χ3n) is 6.53. The number of aromatic nitrogens is 2. The minimum atomic E-state index is 0.0636. The molecule has 0 N–H and O–H groups in total. The van der Waals surface area contributed by atoms with Crippen molar-refractivity contribution in [1.29, 1.82) is 0 Å². The molecule has 34 heavy (non-hydrogen) atoms. The first kappa shape index (κ1) is 22.1. The summed E-state index contributed by atoms with van der Waals surface area (Å²) in [4.78, 5) is 18.2. The van der Waals surface area contributed by atoms with Gasteiger partial charge in [-0.25, -0.2) is 4.68 Å². The molecule has 1 aliphatic rings. The van der Waals surface area contributed by atoms with Crippen LogP contribution in [0.25, 0.3) is 16.9 Å². The molecule has 0 aliphatic carbocycles. The number of benzene rings is 3. The van der Waals surface area contributed by atoms with Crippen LogP contribution in [-0.4, -0.2) is 51.7 Å². The Morgan fingerprint density at radius 2 is 1.50 bits per heavy atom. The smallest absolute Gasteiger partial charge is 0.258 e. The summed E-state index contributed by atoms with van der Waals surface area (Å²) in [5.74, 6) is 0.0636. The van der Waals surface area contributed by atoms with Gasteiger partial charge in [-0.2, -0.15) is 5.10 Å². The van der Waals surface area contributed by atoms with E-state index in [1.807, 2.05) is 77.2 Å². The number of amides is 1. The number of carbonyl (C=O) groups excluding carboxylic acids is 1. The van der Waals surface area contributed by atoms with Gasteiger partial charge in [0.05, 0.1) is 16.9 Å². The van der Waals surface area contributed by atoms with Crippen molar-refractivity contribution in [2.45, 2.75) is 20.4 Å². The van der Waals surface area contributed by atoms with Crippen molar-refractivity contribution < 1.29 is 4.79 Å². The monoisotopic (exact) mass is 450 g/mol. The third-order valence-corrected chi connectivity index (χ3v) is 6.53. The van der Waals surface area contributed by atoms with Crippen molar-refractivity contribution in [1.82, 2.24) is 19.6 Å². The van der Waals surface area contributed by atoms with Crippen LogP contribution in [0.4, 0.5) is 0 Å². The molecule has 5 rings (SSSR count). The lowest BCUT2D eigenvalue weighted by Gasteiger charge is -2.35. The average Bonchev–Trinajstić information content (AvgIpc) is 3.22. The summed E-state index contributed by atoms with van der Waals surface area (Å²) in [7, 11) is 0. The van der Waals surface area contributed by atoms with Crippen LogP contribution in [0.1, 0.15) is 27.2 Å². The fourth-order valence-corrected chi connectivity index (χ4v) is 4.71. The Morgan fingerprint density at radius 3 is 2.18 bits per heavy atom. The van der Waals surface area contributed by atoms with Gasteiger partial charge in [0, 0.05) is 38.3 Å². The zero-order valence-corrected chi connectivity index (χ0v) is 19.8. The molecule has 172 valence electrons. The molecule has 1 aliphatic heterocycles. The van der Waals surface area contributed by atoms with E-state index >= 15 is 0 Å². The van der Waals surface area contributed by atoms with Crippen molar-refractivity contribution in [3.05, 3.63) is 107 Å². The number of aryl methyl sites for hydroxylation is 1. The van der Waals surface area contributed by atoms with Crippen molar-refractivity contribution >= 4 is 5.91 Å². The molecular weight excluding hydrogens is 420 g/mol. The molecule has 0 spiro atoms. The van der Waals surface area contributed by atoms with Crippen LogP contribution in [-0.2, 0) is 6.54 Å². The topological polar surface area (TPSA) is 41.4 Å². The van der Waals surface area contributed by atoms with E-state index in [4.69, 9.17) is 5.10 Å². The Labute approximate surface area is 201 Å². The summed E-state index contributed by atoms with van der Waals surface area (Å²) < 4.78 is 1.89. The average molecular weight is 451 g/mol. The number of nitrogens with zero attached hydrogens (tertiary/aromatic N) is 4. The molecule has 5 nitrogen and oxygen atoms in total. The SMILES string of the molecule is Cc1cccc(CN2CCN(C(=O)c3c(-c4ccccc4)nn(-c4ccccc4)c3C)CC2)c1. The molecule has 0 unspecified atom stereocenters. The predicted molar refractivity (Wildman–Crippen MR) is 136 cm³/mol. The Hall–Kier alpha value is -3.70. The maximum atomic E-state index is 13.8. The maximum Gasteiger partial charge on any atom is 0.258 e. The summed E-state index contributed by atoms with van der Waals surface area (Å²) in [6.45, 7) is 8.21. The summed E-state index contributed by atoms with van der Waals surface area (Å²) in [6.07, 6.45) is 0. The fraction of sp³-hybridized carbons (Fsp3) is 0.241. The molecule has 0 bridgehead atoms. The number of rotatable bonds is 5. The van der Waals surface area contributed by atoms with Gasteiger partial charge in [-0.3, -0.25) is 9.69 Å². The highest BCUT2D eigenvalue weighted by atomic mass is 16.2. The molecule has 2 heterocycles. The van der Waals surface area contributed by atoms with Crippen LogP contribution >= 0.6 is 0 Å². The summed E-state index contributed by atoms with van der Waals surface area (Å²) in [6, 6.07) is 28.7. The Balaban J connectivity index is 1.40. The molecule has 1 saturated heterocycles. The lowest BCUT2D eigenvalue weighted by Crippen LogP contribution is -2.48. The Kier molecular flexibility index (Phi) is 6.28.